The Labute approximate surface area is 177 Å². The van der Waals surface area contributed by atoms with E-state index in [0.29, 0.717) is 25.7 Å². The maximum atomic E-state index is 12.9. The summed E-state index contributed by atoms with van der Waals surface area (Å²) >= 11 is 3.16. The van der Waals surface area contributed by atoms with Crippen LogP contribution in [0.1, 0.15) is 22.5 Å². The number of amides is 2. The van der Waals surface area contributed by atoms with Gasteiger partial charge in [0.05, 0.1) is 26.5 Å². The van der Waals surface area contributed by atoms with E-state index in [1.807, 2.05) is 35.2 Å². The molecule has 8 heteroatoms. The van der Waals surface area contributed by atoms with Crippen molar-refractivity contribution in [2.24, 2.45) is 0 Å². The van der Waals surface area contributed by atoms with Crippen LogP contribution in [-0.4, -0.2) is 65.4 Å². The van der Waals surface area contributed by atoms with E-state index in [1.54, 1.807) is 11.3 Å². The van der Waals surface area contributed by atoms with Gasteiger partial charge in [0.15, 0.2) is 0 Å². The molecule has 0 spiro atoms. The molecule has 3 heterocycles. The number of thiophene rings is 1. The lowest BCUT2D eigenvalue weighted by Crippen LogP contribution is -2.51. The van der Waals surface area contributed by atoms with Crippen LogP contribution in [0.15, 0.2) is 36.4 Å². The van der Waals surface area contributed by atoms with Crippen LogP contribution in [0.2, 0.25) is 0 Å². The zero-order valence-electron chi connectivity index (χ0n) is 16.0. The second-order valence-corrected chi connectivity index (χ2v) is 9.68. The molecule has 2 aromatic heterocycles. The third-order valence-corrected chi connectivity index (χ3v) is 7.57. The number of piperazine rings is 1. The summed E-state index contributed by atoms with van der Waals surface area (Å²) in [5.74, 6) is 0.176. The van der Waals surface area contributed by atoms with Crippen molar-refractivity contribution < 1.29 is 9.59 Å². The number of carbonyl (C=O) groups excluding carboxylic acids is 2. The molecule has 0 bridgehead atoms. The lowest BCUT2D eigenvalue weighted by atomic mass is 10.3. The Balaban J connectivity index is 1.20. The smallest absolute Gasteiger partial charge is 0.264 e. The SMILES string of the molecule is O=C(CN1CCN(C(=O)c2ccc(-c3nc4ccccc4s3)s2)CC1)NC1CC1. The normalized spacial score (nSPS) is 17.6. The van der Waals surface area contributed by atoms with E-state index in [-0.39, 0.29) is 11.8 Å². The molecule has 2 amide bonds. The lowest BCUT2D eigenvalue weighted by molar-refractivity contribution is -0.122. The molecule has 1 N–H and O–H groups in total. The van der Waals surface area contributed by atoms with Crippen LogP contribution in [0.3, 0.4) is 0 Å². The van der Waals surface area contributed by atoms with Crippen molar-refractivity contribution >= 4 is 44.7 Å². The van der Waals surface area contributed by atoms with Crippen molar-refractivity contribution in [1.82, 2.24) is 20.1 Å². The van der Waals surface area contributed by atoms with E-state index in [9.17, 15) is 9.59 Å². The topological polar surface area (TPSA) is 65.5 Å². The summed E-state index contributed by atoms with van der Waals surface area (Å²) < 4.78 is 1.16. The summed E-state index contributed by atoms with van der Waals surface area (Å²) in [6.07, 6.45) is 2.21. The molecule has 1 saturated carbocycles. The molecule has 2 aliphatic rings. The van der Waals surface area contributed by atoms with Gasteiger partial charge in [-0.15, -0.1) is 22.7 Å². The van der Waals surface area contributed by atoms with Crippen LogP contribution >= 0.6 is 22.7 Å². The molecule has 0 radical (unpaired) electrons. The van der Waals surface area contributed by atoms with E-state index in [4.69, 9.17) is 0 Å². The Bertz CT molecular complexity index is 1010. The first-order chi connectivity index (χ1) is 14.2. The van der Waals surface area contributed by atoms with Gasteiger partial charge in [0.1, 0.15) is 5.01 Å². The summed E-state index contributed by atoms with van der Waals surface area (Å²) in [5.41, 5.74) is 0.996. The maximum absolute atomic E-state index is 12.9. The highest BCUT2D eigenvalue weighted by molar-refractivity contribution is 7.26. The zero-order chi connectivity index (χ0) is 19.8. The monoisotopic (exact) mass is 426 g/mol. The van der Waals surface area contributed by atoms with Crippen LogP contribution in [0.25, 0.3) is 20.1 Å². The largest absolute Gasteiger partial charge is 0.352 e. The van der Waals surface area contributed by atoms with Crippen LogP contribution in [0.4, 0.5) is 0 Å². The number of hydrogen-bond acceptors (Lipinski definition) is 6. The summed E-state index contributed by atoms with van der Waals surface area (Å²) in [6, 6.07) is 12.4. The maximum Gasteiger partial charge on any atom is 0.264 e. The Morgan fingerprint density at radius 2 is 1.83 bits per heavy atom. The van der Waals surface area contributed by atoms with E-state index in [1.165, 1.54) is 11.3 Å². The number of fused-ring (bicyclic) bond motifs is 1. The average molecular weight is 427 g/mol. The van der Waals surface area contributed by atoms with Gasteiger partial charge < -0.3 is 10.2 Å². The quantitative estimate of drug-likeness (QED) is 0.681. The molecule has 0 unspecified atom stereocenters. The van der Waals surface area contributed by atoms with E-state index in [2.05, 4.69) is 21.3 Å². The van der Waals surface area contributed by atoms with Crippen molar-refractivity contribution in [3.63, 3.8) is 0 Å². The standard InChI is InChI=1S/C21H22N4O2S2/c26-19(22-14-5-6-14)13-24-9-11-25(12-10-24)21(27)18-8-7-17(28-18)20-23-15-3-1-2-4-16(15)29-20/h1-4,7-8,14H,5-6,9-13H2,(H,22,26). The molecule has 5 rings (SSSR count). The van der Waals surface area contributed by atoms with Crippen LogP contribution in [0.5, 0.6) is 0 Å². The third kappa shape index (κ3) is 4.19. The zero-order valence-corrected chi connectivity index (χ0v) is 17.6. The number of rotatable bonds is 5. The Hall–Kier alpha value is -2.29. The first-order valence-electron chi connectivity index (χ1n) is 9.92. The highest BCUT2D eigenvalue weighted by Gasteiger charge is 2.27. The summed E-state index contributed by atoms with van der Waals surface area (Å²) in [4.78, 5) is 35.4. The van der Waals surface area contributed by atoms with E-state index in [0.717, 1.165) is 50.9 Å². The van der Waals surface area contributed by atoms with Gasteiger partial charge in [-0.1, -0.05) is 12.1 Å². The minimum absolute atomic E-state index is 0.0736. The number of nitrogens with one attached hydrogen (secondary N) is 1. The van der Waals surface area contributed by atoms with Gasteiger partial charge in [0.2, 0.25) is 5.91 Å². The molecule has 1 aliphatic heterocycles. The van der Waals surface area contributed by atoms with Crippen molar-refractivity contribution in [3.05, 3.63) is 41.3 Å². The predicted molar refractivity (Wildman–Crippen MR) is 116 cm³/mol. The Morgan fingerprint density at radius 1 is 1.03 bits per heavy atom. The van der Waals surface area contributed by atoms with Crippen molar-refractivity contribution in [2.45, 2.75) is 18.9 Å². The molecule has 6 nitrogen and oxygen atoms in total. The third-order valence-electron chi connectivity index (χ3n) is 5.29. The molecule has 3 aromatic rings. The molecule has 0 atom stereocenters. The van der Waals surface area contributed by atoms with Crippen LogP contribution in [-0.2, 0) is 4.79 Å². The first kappa shape index (κ1) is 18.7. The minimum Gasteiger partial charge on any atom is -0.352 e. The van der Waals surface area contributed by atoms with Gasteiger partial charge in [-0.2, -0.15) is 0 Å². The molecule has 150 valence electrons. The second kappa shape index (κ2) is 7.85. The minimum atomic E-state index is 0.0736. The van der Waals surface area contributed by atoms with E-state index < -0.39 is 0 Å². The fourth-order valence-corrected chi connectivity index (χ4v) is 5.51. The number of thiazole rings is 1. The van der Waals surface area contributed by atoms with Crippen molar-refractivity contribution in [1.29, 1.82) is 0 Å². The molecule has 29 heavy (non-hydrogen) atoms. The fraction of sp³-hybridized carbons (Fsp3) is 0.381. The molecule has 1 saturated heterocycles. The molecular weight excluding hydrogens is 404 g/mol. The van der Waals surface area contributed by atoms with Crippen molar-refractivity contribution in [3.8, 4) is 9.88 Å². The summed E-state index contributed by atoms with van der Waals surface area (Å²) in [7, 11) is 0. The predicted octanol–water partition coefficient (Wildman–Crippen LogP) is 3.06. The molecule has 2 fully saturated rings. The number of carbonyl (C=O) groups is 2. The number of hydrogen-bond donors (Lipinski definition) is 1. The fourth-order valence-electron chi connectivity index (χ4n) is 3.51. The second-order valence-electron chi connectivity index (χ2n) is 7.56. The summed E-state index contributed by atoms with van der Waals surface area (Å²) in [6.45, 7) is 3.22. The molecule has 1 aromatic carbocycles. The molecule has 1 aliphatic carbocycles. The average Bonchev–Trinajstić information content (AvgIpc) is 3.24. The van der Waals surface area contributed by atoms with E-state index >= 15 is 0 Å². The Kier molecular flexibility index (Phi) is 5.07. The summed E-state index contributed by atoms with van der Waals surface area (Å²) in [5, 5.41) is 3.98. The van der Waals surface area contributed by atoms with Gasteiger partial charge in [0, 0.05) is 32.2 Å². The Morgan fingerprint density at radius 3 is 2.59 bits per heavy atom. The van der Waals surface area contributed by atoms with Gasteiger partial charge in [-0.05, 0) is 37.1 Å². The molecular formula is C21H22N4O2S2. The number of nitrogens with zero attached hydrogens (tertiary/aromatic N) is 3. The van der Waals surface area contributed by atoms with Gasteiger partial charge in [-0.25, -0.2) is 4.98 Å². The van der Waals surface area contributed by atoms with Crippen molar-refractivity contribution in [2.75, 3.05) is 32.7 Å². The highest BCUT2D eigenvalue weighted by Crippen LogP contribution is 2.34. The first-order valence-corrected chi connectivity index (χ1v) is 11.6. The van der Waals surface area contributed by atoms with Gasteiger partial charge in [-0.3, -0.25) is 14.5 Å². The lowest BCUT2D eigenvalue weighted by Gasteiger charge is -2.34. The van der Waals surface area contributed by atoms with Gasteiger partial charge in [0.25, 0.3) is 5.91 Å². The number of para-hydroxylation sites is 1. The van der Waals surface area contributed by atoms with Gasteiger partial charge >= 0.3 is 0 Å². The van der Waals surface area contributed by atoms with Crippen LogP contribution < -0.4 is 5.32 Å². The highest BCUT2D eigenvalue weighted by atomic mass is 32.1. The number of benzene rings is 1. The van der Waals surface area contributed by atoms with Crippen LogP contribution in [0, 0.1) is 0 Å². The number of aromatic nitrogens is 1.